The van der Waals surface area contributed by atoms with Crippen molar-refractivity contribution in [2.75, 3.05) is 5.75 Å². The molecule has 0 fully saturated rings. The number of hydrogen-bond donors (Lipinski definition) is 8. The molecule has 9 N–H and O–H groups in total. The number of benzene rings is 1. The van der Waals surface area contributed by atoms with Gasteiger partial charge in [0.05, 0.1) is 12.5 Å². The zero-order valence-corrected chi connectivity index (χ0v) is 19.6. The number of nitrogens with two attached hydrogens (primary N) is 2. The second-order valence-electron chi connectivity index (χ2n) is 7.60. The van der Waals surface area contributed by atoms with Crippen molar-refractivity contribution in [1.29, 1.82) is 0 Å². The highest BCUT2D eigenvalue weighted by molar-refractivity contribution is 7.80. The number of carboxylic acids is 2. The number of hydrogen-bond acceptors (Lipinski definition) is 8. The Kier molecular flexibility index (Phi) is 12.2. The Hall–Kier alpha value is -3.65. The van der Waals surface area contributed by atoms with Crippen molar-refractivity contribution in [2.24, 2.45) is 11.5 Å². The smallest absolute Gasteiger partial charge is 0.326 e. The molecule has 13 nitrogen and oxygen atoms in total. The predicted molar refractivity (Wildman–Crippen MR) is 126 cm³/mol. The molecule has 0 bridgehead atoms. The Morgan fingerprint density at radius 2 is 1.40 bits per heavy atom. The fourth-order valence-electron chi connectivity index (χ4n) is 2.90. The molecule has 4 atom stereocenters. The molecule has 192 valence electrons. The van der Waals surface area contributed by atoms with Crippen molar-refractivity contribution in [3.63, 3.8) is 0 Å². The van der Waals surface area contributed by atoms with Crippen molar-refractivity contribution in [3.8, 4) is 0 Å². The molecule has 0 aromatic heterocycles. The van der Waals surface area contributed by atoms with Crippen LogP contribution in [0, 0.1) is 0 Å². The van der Waals surface area contributed by atoms with Crippen LogP contribution < -0.4 is 27.4 Å². The summed E-state index contributed by atoms with van der Waals surface area (Å²) in [5, 5.41) is 24.9. The average Bonchev–Trinajstić information content (AvgIpc) is 2.79. The number of nitrogens with one attached hydrogen (secondary N) is 3. The van der Waals surface area contributed by atoms with Crippen LogP contribution >= 0.6 is 12.6 Å². The minimum atomic E-state index is -1.58. The first-order valence-electron chi connectivity index (χ1n) is 10.5. The van der Waals surface area contributed by atoms with Crippen LogP contribution in [0.2, 0.25) is 0 Å². The van der Waals surface area contributed by atoms with Gasteiger partial charge in [-0.15, -0.1) is 0 Å². The predicted octanol–water partition coefficient (Wildman–Crippen LogP) is -2.23. The topological polar surface area (TPSA) is 231 Å². The summed E-state index contributed by atoms with van der Waals surface area (Å²) in [6.45, 7) is 0. The molecule has 1 rings (SSSR count). The molecule has 0 saturated heterocycles. The molecular formula is C21H29N5O8S. The van der Waals surface area contributed by atoms with Gasteiger partial charge < -0.3 is 37.6 Å². The lowest BCUT2D eigenvalue weighted by atomic mass is 10.0. The first-order valence-corrected chi connectivity index (χ1v) is 11.1. The van der Waals surface area contributed by atoms with Gasteiger partial charge in [0.1, 0.15) is 18.1 Å². The van der Waals surface area contributed by atoms with Crippen LogP contribution in [0.5, 0.6) is 0 Å². The van der Waals surface area contributed by atoms with Gasteiger partial charge in [-0.3, -0.25) is 24.0 Å². The van der Waals surface area contributed by atoms with E-state index in [0.717, 1.165) is 0 Å². The lowest BCUT2D eigenvalue weighted by Gasteiger charge is -2.24. The van der Waals surface area contributed by atoms with E-state index in [1.54, 1.807) is 30.3 Å². The monoisotopic (exact) mass is 511 g/mol. The molecule has 1 aromatic rings. The van der Waals surface area contributed by atoms with Gasteiger partial charge >= 0.3 is 11.9 Å². The summed E-state index contributed by atoms with van der Waals surface area (Å²) in [6, 6.07) is 3.22. The van der Waals surface area contributed by atoms with Crippen LogP contribution in [0.4, 0.5) is 0 Å². The maximum absolute atomic E-state index is 13.0. The number of aliphatic carboxylic acids is 2. The Morgan fingerprint density at radius 1 is 0.857 bits per heavy atom. The second-order valence-corrected chi connectivity index (χ2v) is 7.97. The fraction of sp³-hybridized carbons (Fsp3) is 0.429. The molecule has 0 heterocycles. The van der Waals surface area contributed by atoms with Crippen molar-refractivity contribution < 1.29 is 39.0 Å². The standard InChI is InChI=1S/C21H29N5O8S/c22-12(10-35)18(30)25-14(8-11-4-2-1-3-5-11)19(31)26-15(9-16(23)27)20(32)24-13(21(33)34)6-7-17(28)29/h1-5,12-15,35H,6-10,22H2,(H2,23,27)(H,24,32)(H,25,30)(H,26,31)(H,28,29)(H,33,34). The lowest BCUT2D eigenvalue weighted by Crippen LogP contribution is -2.58. The molecular weight excluding hydrogens is 482 g/mol. The summed E-state index contributed by atoms with van der Waals surface area (Å²) in [5.74, 6) is -6.33. The van der Waals surface area contributed by atoms with Gasteiger partial charge in [-0.1, -0.05) is 30.3 Å². The van der Waals surface area contributed by atoms with Crippen LogP contribution in [0.1, 0.15) is 24.8 Å². The van der Waals surface area contributed by atoms with E-state index in [9.17, 15) is 33.9 Å². The zero-order valence-electron chi connectivity index (χ0n) is 18.7. The number of carbonyl (C=O) groups is 6. The highest BCUT2D eigenvalue weighted by Crippen LogP contribution is 2.06. The second kappa shape index (κ2) is 14.6. The van der Waals surface area contributed by atoms with Gasteiger partial charge in [-0.25, -0.2) is 4.79 Å². The van der Waals surface area contributed by atoms with Crippen LogP contribution in [0.15, 0.2) is 30.3 Å². The van der Waals surface area contributed by atoms with E-state index in [1.807, 2.05) is 0 Å². The maximum atomic E-state index is 13.0. The van der Waals surface area contributed by atoms with Crippen molar-refractivity contribution in [1.82, 2.24) is 16.0 Å². The molecule has 0 aliphatic carbocycles. The highest BCUT2D eigenvalue weighted by Gasteiger charge is 2.31. The quantitative estimate of drug-likeness (QED) is 0.119. The van der Waals surface area contributed by atoms with E-state index in [0.29, 0.717) is 5.56 Å². The number of rotatable bonds is 15. The van der Waals surface area contributed by atoms with Crippen LogP contribution in [-0.2, 0) is 35.2 Å². The zero-order chi connectivity index (χ0) is 26.5. The summed E-state index contributed by atoms with van der Waals surface area (Å²) in [4.78, 5) is 71.6. The van der Waals surface area contributed by atoms with E-state index >= 15 is 0 Å². The number of thiol groups is 1. The van der Waals surface area contributed by atoms with Gasteiger partial charge in [0.2, 0.25) is 23.6 Å². The lowest BCUT2D eigenvalue weighted by molar-refractivity contribution is -0.143. The Balaban J connectivity index is 3.07. The van der Waals surface area contributed by atoms with Gasteiger partial charge in [-0.05, 0) is 12.0 Å². The average molecular weight is 512 g/mol. The van der Waals surface area contributed by atoms with Gasteiger partial charge in [-0.2, -0.15) is 12.6 Å². The highest BCUT2D eigenvalue weighted by atomic mass is 32.1. The third-order valence-corrected chi connectivity index (χ3v) is 5.14. The maximum Gasteiger partial charge on any atom is 0.326 e. The number of primary amides is 1. The molecule has 0 radical (unpaired) electrons. The first kappa shape index (κ1) is 29.4. The van der Waals surface area contributed by atoms with E-state index in [1.165, 1.54) is 0 Å². The SMILES string of the molecule is NC(=O)CC(NC(=O)C(Cc1ccccc1)NC(=O)C(N)CS)C(=O)NC(CCC(=O)O)C(=O)O. The van der Waals surface area contributed by atoms with Crippen molar-refractivity contribution in [3.05, 3.63) is 35.9 Å². The van der Waals surface area contributed by atoms with Crippen molar-refractivity contribution >= 4 is 48.2 Å². The third kappa shape index (κ3) is 10.9. The summed E-state index contributed by atoms with van der Waals surface area (Å²) in [7, 11) is 0. The summed E-state index contributed by atoms with van der Waals surface area (Å²) < 4.78 is 0. The number of carboxylic acid groups (broad SMARTS) is 2. The minimum absolute atomic E-state index is 0.00509. The van der Waals surface area contributed by atoms with E-state index in [4.69, 9.17) is 16.6 Å². The Morgan fingerprint density at radius 3 is 1.91 bits per heavy atom. The summed E-state index contributed by atoms with van der Waals surface area (Å²) >= 11 is 3.95. The third-order valence-electron chi connectivity index (χ3n) is 4.75. The molecule has 0 aliphatic rings. The van der Waals surface area contributed by atoms with Gasteiger partial charge in [0, 0.05) is 18.6 Å². The molecule has 1 aromatic carbocycles. The van der Waals surface area contributed by atoms with E-state index < -0.39 is 79.0 Å². The largest absolute Gasteiger partial charge is 0.481 e. The van der Waals surface area contributed by atoms with Crippen LogP contribution in [-0.4, -0.2) is 75.7 Å². The molecule has 0 saturated carbocycles. The number of carbonyl (C=O) groups excluding carboxylic acids is 4. The van der Waals surface area contributed by atoms with Gasteiger partial charge in [0.25, 0.3) is 0 Å². The first-order chi connectivity index (χ1) is 16.4. The molecule has 4 unspecified atom stereocenters. The summed E-state index contributed by atoms with van der Waals surface area (Å²) in [5.41, 5.74) is 11.5. The number of amides is 4. The van der Waals surface area contributed by atoms with Crippen LogP contribution in [0.3, 0.4) is 0 Å². The summed E-state index contributed by atoms with van der Waals surface area (Å²) in [6.07, 6.45) is -1.63. The molecule has 35 heavy (non-hydrogen) atoms. The molecule has 14 heteroatoms. The van der Waals surface area contributed by atoms with Crippen molar-refractivity contribution in [2.45, 2.75) is 49.9 Å². The van der Waals surface area contributed by atoms with E-state index in [-0.39, 0.29) is 12.2 Å². The fourth-order valence-corrected chi connectivity index (χ4v) is 3.07. The Bertz CT molecular complexity index is 930. The Labute approximate surface area is 206 Å². The normalized spacial score (nSPS) is 14.0. The van der Waals surface area contributed by atoms with Gasteiger partial charge in [0.15, 0.2) is 0 Å². The molecule has 0 aliphatic heterocycles. The van der Waals surface area contributed by atoms with E-state index in [2.05, 4.69) is 28.6 Å². The minimum Gasteiger partial charge on any atom is -0.481 e. The molecule has 0 spiro atoms. The molecule has 4 amide bonds. The van der Waals surface area contributed by atoms with Crippen LogP contribution in [0.25, 0.3) is 0 Å².